The van der Waals surface area contributed by atoms with Crippen LogP contribution in [0, 0.1) is 22.7 Å². The maximum atomic E-state index is 12.9. The number of ether oxygens (including phenoxy) is 1. The summed E-state index contributed by atoms with van der Waals surface area (Å²) in [5.41, 5.74) is -0.937. The molecule has 2 heteroatoms. The first-order valence-electron chi connectivity index (χ1n) is 8.03. The summed E-state index contributed by atoms with van der Waals surface area (Å²) in [4.78, 5) is 12.9. The predicted molar refractivity (Wildman–Crippen MR) is 86.6 cm³/mol. The van der Waals surface area contributed by atoms with E-state index in [0.29, 0.717) is 11.8 Å². The fraction of sp³-hybridized carbons (Fsp3) is 0.944. The normalized spacial score (nSPS) is 18.8. The van der Waals surface area contributed by atoms with Crippen LogP contribution in [0.4, 0.5) is 0 Å². The Labute approximate surface area is 126 Å². The first kappa shape index (κ1) is 19.5. The van der Waals surface area contributed by atoms with Crippen LogP contribution in [-0.4, -0.2) is 11.6 Å². The molecule has 2 atom stereocenters. The molecule has 20 heavy (non-hydrogen) atoms. The standard InChI is InChI=1S/C18H36O2/c1-11-18(10,14(4)5)20-15(19)17(9,12-13(2)3)16(6,7)8/h13-14H,11-12H2,1-10H3. The summed E-state index contributed by atoms with van der Waals surface area (Å²) in [6.45, 7) is 21.2. The fourth-order valence-electron chi connectivity index (χ4n) is 2.43. The van der Waals surface area contributed by atoms with Gasteiger partial charge in [0.05, 0.1) is 5.41 Å². The highest BCUT2D eigenvalue weighted by atomic mass is 16.6. The van der Waals surface area contributed by atoms with Crippen LogP contribution in [0.5, 0.6) is 0 Å². The zero-order chi connectivity index (χ0) is 16.4. The predicted octanol–water partition coefficient (Wildman–Crippen LogP) is 5.45. The Bertz CT molecular complexity index is 325. The molecule has 0 aliphatic rings. The summed E-state index contributed by atoms with van der Waals surface area (Å²) >= 11 is 0. The molecule has 0 rings (SSSR count). The van der Waals surface area contributed by atoms with Crippen molar-refractivity contribution in [3.05, 3.63) is 0 Å². The van der Waals surface area contributed by atoms with Crippen LogP contribution in [-0.2, 0) is 9.53 Å². The van der Waals surface area contributed by atoms with E-state index in [0.717, 1.165) is 12.8 Å². The van der Waals surface area contributed by atoms with E-state index in [2.05, 4.69) is 62.3 Å². The Morgan fingerprint density at radius 3 is 1.70 bits per heavy atom. The molecule has 0 saturated carbocycles. The van der Waals surface area contributed by atoms with E-state index in [1.54, 1.807) is 0 Å². The highest BCUT2D eigenvalue weighted by Crippen LogP contribution is 2.45. The second kappa shape index (κ2) is 6.49. The van der Waals surface area contributed by atoms with E-state index in [4.69, 9.17) is 4.74 Å². The van der Waals surface area contributed by atoms with Gasteiger partial charge in [-0.25, -0.2) is 0 Å². The summed E-state index contributed by atoms with van der Waals surface area (Å²) in [5.74, 6) is 0.746. The Balaban J connectivity index is 5.38. The van der Waals surface area contributed by atoms with Crippen LogP contribution in [0.3, 0.4) is 0 Å². The van der Waals surface area contributed by atoms with Gasteiger partial charge < -0.3 is 4.74 Å². The summed E-state index contributed by atoms with van der Waals surface area (Å²) in [6.07, 6.45) is 1.70. The summed E-state index contributed by atoms with van der Waals surface area (Å²) in [7, 11) is 0. The van der Waals surface area contributed by atoms with Crippen molar-refractivity contribution in [1.82, 2.24) is 0 Å². The molecular formula is C18H36O2. The van der Waals surface area contributed by atoms with Crippen LogP contribution in [0.1, 0.15) is 82.1 Å². The van der Waals surface area contributed by atoms with Crippen LogP contribution in [0.2, 0.25) is 0 Å². The Kier molecular flexibility index (Phi) is 6.32. The Morgan fingerprint density at radius 1 is 1.00 bits per heavy atom. The lowest BCUT2D eigenvalue weighted by Crippen LogP contribution is -2.47. The molecule has 0 spiro atoms. The van der Waals surface area contributed by atoms with Gasteiger partial charge in [0.2, 0.25) is 0 Å². The molecule has 0 bridgehead atoms. The van der Waals surface area contributed by atoms with Gasteiger partial charge in [0.1, 0.15) is 5.60 Å². The Morgan fingerprint density at radius 2 is 1.45 bits per heavy atom. The van der Waals surface area contributed by atoms with Crippen molar-refractivity contribution in [3.63, 3.8) is 0 Å². The third kappa shape index (κ3) is 4.23. The summed E-state index contributed by atoms with van der Waals surface area (Å²) in [5, 5.41) is 0. The van der Waals surface area contributed by atoms with Gasteiger partial charge in [-0.05, 0) is 43.9 Å². The van der Waals surface area contributed by atoms with Crippen molar-refractivity contribution >= 4 is 5.97 Å². The minimum atomic E-state index is -0.452. The van der Waals surface area contributed by atoms with Gasteiger partial charge in [0.25, 0.3) is 0 Å². The Hall–Kier alpha value is -0.530. The van der Waals surface area contributed by atoms with Crippen molar-refractivity contribution in [1.29, 1.82) is 0 Å². The van der Waals surface area contributed by atoms with Crippen molar-refractivity contribution in [2.45, 2.75) is 87.7 Å². The van der Waals surface area contributed by atoms with Crippen molar-refractivity contribution in [2.24, 2.45) is 22.7 Å². The largest absolute Gasteiger partial charge is 0.459 e. The zero-order valence-corrected chi connectivity index (χ0v) is 15.4. The minimum Gasteiger partial charge on any atom is -0.459 e. The smallest absolute Gasteiger partial charge is 0.312 e. The molecule has 0 aromatic heterocycles. The van der Waals surface area contributed by atoms with Gasteiger partial charge in [-0.15, -0.1) is 0 Å². The molecule has 2 unspecified atom stereocenters. The van der Waals surface area contributed by atoms with E-state index in [1.807, 2.05) is 6.92 Å². The quantitative estimate of drug-likeness (QED) is 0.606. The third-order valence-electron chi connectivity index (χ3n) is 5.17. The summed E-state index contributed by atoms with van der Waals surface area (Å²) < 4.78 is 6.00. The third-order valence-corrected chi connectivity index (χ3v) is 5.17. The maximum absolute atomic E-state index is 12.9. The first-order chi connectivity index (χ1) is 8.80. The highest BCUT2D eigenvalue weighted by molar-refractivity contribution is 5.77. The molecule has 2 nitrogen and oxygen atoms in total. The number of hydrogen-bond acceptors (Lipinski definition) is 2. The van der Waals surface area contributed by atoms with Crippen molar-refractivity contribution < 1.29 is 9.53 Å². The second-order valence-electron chi connectivity index (χ2n) is 8.39. The molecule has 120 valence electrons. The monoisotopic (exact) mass is 284 g/mol. The van der Waals surface area contributed by atoms with E-state index < -0.39 is 5.41 Å². The van der Waals surface area contributed by atoms with Crippen LogP contribution >= 0.6 is 0 Å². The number of carbonyl (C=O) groups excluding carboxylic acids is 1. The van der Waals surface area contributed by atoms with Gasteiger partial charge in [-0.1, -0.05) is 55.4 Å². The lowest BCUT2D eigenvalue weighted by molar-refractivity contribution is -0.183. The van der Waals surface area contributed by atoms with Gasteiger partial charge in [-0.3, -0.25) is 4.79 Å². The highest BCUT2D eigenvalue weighted by Gasteiger charge is 2.48. The molecule has 0 saturated heterocycles. The van der Waals surface area contributed by atoms with Crippen molar-refractivity contribution in [2.75, 3.05) is 0 Å². The molecule has 0 N–H and O–H groups in total. The van der Waals surface area contributed by atoms with E-state index in [9.17, 15) is 4.79 Å². The lowest BCUT2D eigenvalue weighted by Gasteiger charge is -2.44. The SMILES string of the molecule is CCC(C)(OC(=O)C(C)(CC(C)C)C(C)(C)C)C(C)C. The van der Waals surface area contributed by atoms with Crippen LogP contribution < -0.4 is 0 Å². The number of rotatable bonds is 6. The molecule has 0 aromatic rings. The molecule has 0 aromatic carbocycles. The van der Waals surface area contributed by atoms with Crippen LogP contribution in [0.15, 0.2) is 0 Å². The van der Waals surface area contributed by atoms with Gasteiger partial charge in [0, 0.05) is 0 Å². The van der Waals surface area contributed by atoms with E-state index in [-0.39, 0.29) is 17.0 Å². The van der Waals surface area contributed by atoms with Gasteiger partial charge >= 0.3 is 5.97 Å². The molecule has 0 heterocycles. The van der Waals surface area contributed by atoms with E-state index >= 15 is 0 Å². The molecular weight excluding hydrogens is 248 g/mol. The lowest BCUT2D eigenvalue weighted by atomic mass is 9.64. The van der Waals surface area contributed by atoms with E-state index in [1.165, 1.54) is 0 Å². The zero-order valence-electron chi connectivity index (χ0n) is 15.4. The topological polar surface area (TPSA) is 26.3 Å². The van der Waals surface area contributed by atoms with Gasteiger partial charge in [0.15, 0.2) is 0 Å². The van der Waals surface area contributed by atoms with Gasteiger partial charge in [-0.2, -0.15) is 0 Å². The number of esters is 1. The molecule has 0 radical (unpaired) electrons. The minimum absolute atomic E-state index is 0.0447. The fourth-order valence-corrected chi connectivity index (χ4v) is 2.43. The molecule has 0 aliphatic carbocycles. The number of carbonyl (C=O) groups is 1. The average Bonchev–Trinajstić information content (AvgIpc) is 2.25. The summed E-state index contributed by atoms with van der Waals surface area (Å²) in [6, 6.07) is 0. The average molecular weight is 284 g/mol. The molecule has 0 fully saturated rings. The first-order valence-corrected chi connectivity index (χ1v) is 8.03. The second-order valence-corrected chi connectivity index (χ2v) is 8.39. The molecule has 0 aliphatic heterocycles. The van der Waals surface area contributed by atoms with Crippen molar-refractivity contribution in [3.8, 4) is 0 Å². The molecule has 0 amide bonds. The maximum Gasteiger partial charge on any atom is 0.312 e. The number of hydrogen-bond donors (Lipinski definition) is 0. The van der Waals surface area contributed by atoms with Crippen LogP contribution in [0.25, 0.3) is 0 Å².